The van der Waals surface area contributed by atoms with Crippen LogP contribution in [0.5, 0.6) is 0 Å². The van der Waals surface area contributed by atoms with E-state index in [0.717, 1.165) is 33.9 Å². The van der Waals surface area contributed by atoms with E-state index in [2.05, 4.69) is 9.97 Å². The van der Waals surface area contributed by atoms with E-state index in [1.807, 2.05) is 37.3 Å². The molecule has 2 heterocycles. The van der Waals surface area contributed by atoms with Crippen molar-refractivity contribution in [1.82, 2.24) is 9.97 Å². The first-order valence-corrected chi connectivity index (χ1v) is 11.9. The number of aromatic nitrogens is 2. The van der Waals surface area contributed by atoms with Gasteiger partial charge in [0.15, 0.2) is 0 Å². The van der Waals surface area contributed by atoms with E-state index < -0.39 is 16.2 Å². The third kappa shape index (κ3) is 5.27. The molecule has 2 atom stereocenters. The molecule has 4 rings (SSSR count). The van der Waals surface area contributed by atoms with Crippen molar-refractivity contribution >= 4 is 33.4 Å². The molecule has 0 aliphatic heterocycles. The zero-order valence-electron chi connectivity index (χ0n) is 18.6. The molecule has 2 aromatic carbocycles. The van der Waals surface area contributed by atoms with Crippen molar-refractivity contribution in [1.29, 1.82) is 0 Å². The average molecular weight is 477 g/mol. The van der Waals surface area contributed by atoms with Crippen molar-refractivity contribution < 1.29 is 13.7 Å². The number of fused-ring (bicyclic) bond motifs is 1. The second kappa shape index (κ2) is 10.5. The van der Waals surface area contributed by atoms with Crippen LogP contribution in [0.1, 0.15) is 25.3 Å². The van der Waals surface area contributed by atoms with E-state index in [9.17, 15) is 18.9 Å². The fourth-order valence-electron chi connectivity index (χ4n) is 4.05. The molecular weight excluding hydrogens is 452 g/mol. The molecule has 2 unspecified atom stereocenters. The smallest absolute Gasteiger partial charge is 0.269 e. The lowest BCUT2D eigenvalue weighted by Gasteiger charge is -2.29. The number of anilines is 1. The lowest BCUT2D eigenvalue weighted by Crippen LogP contribution is -2.34. The topological polar surface area (TPSA) is 109 Å². The van der Waals surface area contributed by atoms with E-state index in [0.29, 0.717) is 18.5 Å². The fourth-order valence-corrected chi connectivity index (χ4v) is 4.78. The molecule has 174 valence electrons. The Morgan fingerprint density at radius 3 is 2.50 bits per heavy atom. The molecule has 0 bridgehead atoms. The molecule has 0 radical (unpaired) electrons. The predicted octanol–water partition coefficient (Wildman–Crippen LogP) is 5.56. The molecule has 0 saturated heterocycles. The van der Waals surface area contributed by atoms with Gasteiger partial charge in [0.1, 0.15) is 0 Å². The molecule has 1 N–H and O–H groups in total. The minimum Gasteiger partial charge on any atom is -0.289 e. The van der Waals surface area contributed by atoms with Gasteiger partial charge in [0.05, 0.1) is 10.6 Å². The summed E-state index contributed by atoms with van der Waals surface area (Å²) >= 11 is -2.24. The third-order valence-corrected chi connectivity index (χ3v) is 6.66. The van der Waals surface area contributed by atoms with Gasteiger partial charge >= 0.3 is 0 Å². The first-order chi connectivity index (χ1) is 16.4. The summed E-state index contributed by atoms with van der Waals surface area (Å²) in [7, 11) is 0. The maximum Gasteiger partial charge on any atom is 0.269 e. The number of aryl methyl sites for hydroxylation is 1. The van der Waals surface area contributed by atoms with Crippen molar-refractivity contribution in [3.05, 3.63) is 95.1 Å². The monoisotopic (exact) mass is 476 g/mol. The Kier molecular flexibility index (Phi) is 7.24. The molecule has 4 aromatic rings. The highest BCUT2D eigenvalue weighted by Crippen LogP contribution is 2.35. The normalized spacial score (nSPS) is 12.9. The van der Waals surface area contributed by atoms with Crippen LogP contribution in [0.3, 0.4) is 0 Å². The molecule has 8 nitrogen and oxygen atoms in total. The number of benzene rings is 2. The third-order valence-electron chi connectivity index (χ3n) is 5.77. The SMILES string of the molecule is CC(CCCc1ccc([N+](=O)[O-])cc1)N(c1cc(-c2cccnc2)cc2cnccc12)S(=O)O. The number of nitro groups is 1. The van der Waals surface area contributed by atoms with Gasteiger partial charge in [-0.15, -0.1) is 0 Å². The molecule has 9 heteroatoms. The average Bonchev–Trinajstić information content (AvgIpc) is 2.84. The second-order valence-corrected chi connectivity index (χ2v) is 8.91. The van der Waals surface area contributed by atoms with Crippen molar-refractivity contribution in [3.8, 4) is 11.1 Å². The lowest BCUT2D eigenvalue weighted by atomic mass is 10.0. The van der Waals surface area contributed by atoms with E-state index in [-0.39, 0.29) is 11.7 Å². The summed E-state index contributed by atoms with van der Waals surface area (Å²) in [5.74, 6) is 0. The Bertz CT molecular complexity index is 1320. The number of nitro benzene ring substituents is 1. The van der Waals surface area contributed by atoms with Crippen molar-refractivity contribution in [2.45, 2.75) is 32.2 Å². The Morgan fingerprint density at radius 2 is 1.82 bits per heavy atom. The quantitative estimate of drug-likeness (QED) is 0.192. The van der Waals surface area contributed by atoms with Crippen LogP contribution >= 0.6 is 0 Å². The van der Waals surface area contributed by atoms with Gasteiger partial charge in [-0.2, -0.15) is 0 Å². The Hall–Kier alpha value is -3.69. The first kappa shape index (κ1) is 23.5. The van der Waals surface area contributed by atoms with Gasteiger partial charge in [0.2, 0.25) is 0 Å². The van der Waals surface area contributed by atoms with Crippen LogP contribution in [0.15, 0.2) is 79.4 Å². The molecule has 0 aliphatic carbocycles. The Balaban J connectivity index is 1.59. The van der Waals surface area contributed by atoms with Crippen molar-refractivity contribution in [2.75, 3.05) is 4.31 Å². The minimum atomic E-state index is -2.24. The number of pyridine rings is 2. The van der Waals surface area contributed by atoms with Gasteiger partial charge < -0.3 is 0 Å². The van der Waals surface area contributed by atoms with E-state index in [1.165, 1.54) is 16.4 Å². The van der Waals surface area contributed by atoms with Gasteiger partial charge in [0.25, 0.3) is 17.0 Å². The molecule has 0 fully saturated rings. The summed E-state index contributed by atoms with van der Waals surface area (Å²) in [5, 5.41) is 12.5. The number of rotatable bonds is 9. The van der Waals surface area contributed by atoms with Crippen molar-refractivity contribution in [2.24, 2.45) is 0 Å². The molecule has 0 spiro atoms. The van der Waals surface area contributed by atoms with E-state index >= 15 is 0 Å². The zero-order chi connectivity index (χ0) is 24.1. The summed E-state index contributed by atoms with van der Waals surface area (Å²) in [5.41, 5.74) is 3.50. The number of hydrogen-bond acceptors (Lipinski definition) is 5. The van der Waals surface area contributed by atoms with Crippen molar-refractivity contribution in [3.63, 3.8) is 0 Å². The van der Waals surface area contributed by atoms with Crippen LogP contribution in [0.2, 0.25) is 0 Å². The van der Waals surface area contributed by atoms with Gasteiger partial charge in [-0.3, -0.25) is 28.9 Å². The molecule has 34 heavy (non-hydrogen) atoms. The maximum absolute atomic E-state index is 12.5. The molecule has 0 saturated carbocycles. The molecular formula is C25H24N4O4S. The van der Waals surface area contributed by atoms with Crippen LogP contribution < -0.4 is 4.31 Å². The Labute approximate surface area is 199 Å². The van der Waals surface area contributed by atoms with Crippen LogP contribution in [0.4, 0.5) is 11.4 Å². The lowest BCUT2D eigenvalue weighted by molar-refractivity contribution is -0.384. The first-order valence-electron chi connectivity index (χ1n) is 10.9. The highest BCUT2D eigenvalue weighted by molar-refractivity contribution is 7.80. The summed E-state index contributed by atoms with van der Waals surface area (Å²) in [6.07, 6.45) is 9.02. The van der Waals surface area contributed by atoms with Crippen LogP contribution in [-0.2, 0) is 17.7 Å². The molecule has 0 amide bonds. The number of hydrogen-bond donors (Lipinski definition) is 1. The zero-order valence-corrected chi connectivity index (χ0v) is 19.4. The summed E-state index contributed by atoms with van der Waals surface area (Å²) in [6, 6.07) is 15.8. The Morgan fingerprint density at radius 1 is 1.06 bits per heavy atom. The second-order valence-electron chi connectivity index (χ2n) is 8.06. The maximum atomic E-state index is 12.5. The summed E-state index contributed by atoms with van der Waals surface area (Å²) in [4.78, 5) is 18.8. The highest BCUT2D eigenvalue weighted by Gasteiger charge is 2.23. The summed E-state index contributed by atoms with van der Waals surface area (Å²) < 4.78 is 24.3. The standard InChI is InChI=1S/C25H24N4O4S/c1-18(4-2-5-19-7-9-23(10-8-19)29(30)31)28(34(32)33)25-15-21(20-6-3-12-26-16-20)14-22-17-27-13-11-24(22)25/h3,6-18H,2,4-5H2,1H3,(H,32,33). The van der Waals surface area contributed by atoms with Gasteiger partial charge in [0, 0.05) is 59.3 Å². The summed E-state index contributed by atoms with van der Waals surface area (Å²) in [6.45, 7) is 1.92. The molecule has 2 aromatic heterocycles. The number of non-ortho nitro benzene ring substituents is 1. The van der Waals surface area contributed by atoms with Gasteiger partial charge in [-0.05, 0) is 61.6 Å². The van der Waals surface area contributed by atoms with E-state index in [1.54, 1.807) is 36.9 Å². The highest BCUT2D eigenvalue weighted by atomic mass is 32.2. The number of nitrogens with zero attached hydrogens (tertiary/aromatic N) is 4. The van der Waals surface area contributed by atoms with Gasteiger partial charge in [-0.25, -0.2) is 4.21 Å². The van der Waals surface area contributed by atoms with Crippen LogP contribution in [-0.4, -0.2) is 29.7 Å². The molecule has 0 aliphatic rings. The fraction of sp³-hybridized carbons (Fsp3) is 0.200. The van der Waals surface area contributed by atoms with Crippen LogP contribution in [0, 0.1) is 10.1 Å². The minimum absolute atomic E-state index is 0.0637. The largest absolute Gasteiger partial charge is 0.289 e. The predicted molar refractivity (Wildman–Crippen MR) is 134 cm³/mol. The van der Waals surface area contributed by atoms with E-state index in [4.69, 9.17) is 0 Å². The van der Waals surface area contributed by atoms with Crippen LogP contribution in [0.25, 0.3) is 21.9 Å². The van der Waals surface area contributed by atoms with Gasteiger partial charge in [-0.1, -0.05) is 18.2 Å².